The van der Waals surface area contributed by atoms with E-state index in [0.717, 1.165) is 18.7 Å². The second-order valence-corrected chi connectivity index (χ2v) is 4.30. The smallest absolute Gasteiger partial charge is 0.128 e. The molecular weight excluding hydrogens is 196 g/mol. The monoisotopic (exact) mass is 218 g/mol. The van der Waals surface area contributed by atoms with Gasteiger partial charge in [-0.25, -0.2) is 0 Å². The lowest BCUT2D eigenvalue weighted by Crippen LogP contribution is -2.30. The predicted molar refractivity (Wildman–Crippen MR) is 70.3 cm³/mol. The summed E-state index contributed by atoms with van der Waals surface area (Å²) >= 11 is 0. The number of rotatable bonds is 4. The Labute approximate surface area is 98.8 Å². The first kappa shape index (κ1) is 12.8. The molecule has 0 amide bonds. The highest BCUT2D eigenvalue weighted by Gasteiger charge is 2.08. The van der Waals surface area contributed by atoms with Crippen LogP contribution in [0.4, 0.5) is 0 Å². The summed E-state index contributed by atoms with van der Waals surface area (Å²) in [4.78, 5) is 2.06. The molecule has 1 N–H and O–H groups in total. The van der Waals surface area contributed by atoms with E-state index in [4.69, 9.17) is 5.41 Å². The quantitative estimate of drug-likeness (QED) is 0.608. The molecule has 0 radical (unpaired) electrons. The SMILES string of the molecule is CCN(CC)C(=N)c1ccc(C(C)C)cc1. The van der Waals surface area contributed by atoms with Gasteiger partial charge < -0.3 is 4.90 Å². The van der Waals surface area contributed by atoms with Crippen molar-refractivity contribution < 1.29 is 0 Å². The Morgan fingerprint density at radius 1 is 1.12 bits per heavy atom. The number of hydrogen-bond acceptors (Lipinski definition) is 1. The normalized spacial score (nSPS) is 10.6. The van der Waals surface area contributed by atoms with Gasteiger partial charge in [0.2, 0.25) is 0 Å². The zero-order valence-corrected chi connectivity index (χ0v) is 10.7. The molecule has 1 rings (SSSR count). The molecule has 0 atom stereocenters. The fourth-order valence-electron chi connectivity index (χ4n) is 1.75. The van der Waals surface area contributed by atoms with Gasteiger partial charge in [-0.15, -0.1) is 0 Å². The summed E-state index contributed by atoms with van der Waals surface area (Å²) in [6, 6.07) is 8.35. The van der Waals surface area contributed by atoms with Crippen LogP contribution in [0.5, 0.6) is 0 Å². The van der Waals surface area contributed by atoms with Gasteiger partial charge in [0.25, 0.3) is 0 Å². The largest absolute Gasteiger partial charge is 0.357 e. The first-order valence-corrected chi connectivity index (χ1v) is 6.04. The van der Waals surface area contributed by atoms with E-state index in [9.17, 15) is 0 Å². The molecule has 0 aliphatic rings. The van der Waals surface area contributed by atoms with Crippen LogP contribution in [0.2, 0.25) is 0 Å². The summed E-state index contributed by atoms with van der Waals surface area (Å²) in [7, 11) is 0. The predicted octanol–water partition coefficient (Wildman–Crippen LogP) is 3.48. The lowest BCUT2D eigenvalue weighted by molar-refractivity contribution is 0.463. The van der Waals surface area contributed by atoms with Gasteiger partial charge in [-0.1, -0.05) is 38.1 Å². The molecule has 0 bridgehead atoms. The van der Waals surface area contributed by atoms with Gasteiger partial charge in [-0.3, -0.25) is 5.41 Å². The second kappa shape index (κ2) is 5.69. The third-order valence-electron chi connectivity index (χ3n) is 2.93. The molecule has 0 fully saturated rings. The van der Waals surface area contributed by atoms with Crippen LogP contribution >= 0.6 is 0 Å². The van der Waals surface area contributed by atoms with Gasteiger partial charge in [-0.05, 0) is 25.3 Å². The standard InChI is InChI=1S/C14H22N2/c1-5-16(6-2)14(15)13-9-7-12(8-10-13)11(3)4/h7-11,15H,5-6H2,1-4H3. The summed E-state index contributed by atoms with van der Waals surface area (Å²) in [5, 5.41) is 8.09. The van der Waals surface area contributed by atoms with Crippen molar-refractivity contribution in [2.75, 3.05) is 13.1 Å². The molecule has 0 aliphatic carbocycles. The van der Waals surface area contributed by atoms with E-state index in [1.807, 2.05) is 0 Å². The third kappa shape index (κ3) is 2.84. The third-order valence-corrected chi connectivity index (χ3v) is 2.93. The van der Waals surface area contributed by atoms with Gasteiger partial charge in [0.05, 0.1) is 0 Å². The summed E-state index contributed by atoms with van der Waals surface area (Å²) in [6.07, 6.45) is 0. The Hall–Kier alpha value is -1.31. The van der Waals surface area contributed by atoms with Gasteiger partial charge in [0, 0.05) is 18.7 Å². The van der Waals surface area contributed by atoms with Crippen molar-refractivity contribution >= 4 is 5.84 Å². The molecule has 0 saturated heterocycles. The summed E-state index contributed by atoms with van der Waals surface area (Å²) < 4.78 is 0. The van der Waals surface area contributed by atoms with Gasteiger partial charge in [-0.2, -0.15) is 0 Å². The van der Waals surface area contributed by atoms with Crippen molar-refractivity contribution in [3.63, 3.8) is 0 Å². The zero-order chi connectivity index (χ0) is 12.1. The number of nitrogens with one attached hydrogen (secondary N) is 1. The van der Waals surface area contributed by atoms with Crippen molar-refractivity contribution in [2.24, 2.45) is 0 Å². The van der Waals surface area contributed by atoms with E-state index in [1.54, 1.807) is 0 Å². The highest BCUT2D eigenvalue weighted by Crippen LogP contribution is 2.15. The number of amidine groups is 1. The molecule has 0 spiro atoms. The molecule has 2 heteroatoms. The Balaban J connectivity index is 2.85. The average molecular weight is 218 g/mol. The van der Waals surface area contributed by atoms with Crippen LogP contribution in [0.15, 0.2) is 24.3 Å². The fourth-order valence-corrected chi connectivity index (χ4v) is 1.75. The highest BCUT2D eigenvalue weighted by molar-refractivity contribution is 5.96. The Bertz CT molecular complexity index is 334. The van der Waals surface area contributed by atoms with Crippen molar-refractivity contribution in [3.05, 3.63) is 35.4 Å². The molecule has 0 aliphatic heterocycles. The van der Waals surface area contributed by atoms with Crippen LogP contribution in [0.25, 0.3) is 0 Å². The summed E-state index contributed by atoms with van der Waals surface area (Å²) in [5.74, 6) is 1.18. The Morgan fingerprint density at radius 2 is 1.62 bits per heavy atom. The minimum atomic E-state index is 0.552. The number of benzene rings is 1. The fraction of sp³-hybridized carbons (Fsp3) is 0.500. The minimum Gasteiger partial charge on any atom is -0.357 e. The topological polar surface area (TPSA) is 27.1 Å². The minimum absolute atomic E-state index is 0.552. The van der Waals surface area contributed by atoms with Crippen molar-refractivity contribution in [1.29, 1.82) is 5.41 Å². The van der Waals surface area contributed by atoms with Gasteiger partial charge in [0.1, 0.15) is 5.84 Å². The molecule has 0 saturated carbocycles. The molecule has 0 unspecified atom stereocenters. The average Bonchev–Trinajstić information content (AvgIpc) is 2.30. The van der Waals surface area contributed by atoms with E-state index in [2.05, 4.69) is 56.9 Å². The lowest BCUT2D eigenvalue weighted by atomic mass is 10.0. The summed E-state index contributed by atoms with van der Waals surface area (Å²) in [5.41, 5.74) is 2.34. The molecule has 1 aromatic carbocycles. The van der Waals surface area contributed by atoms with Crippen LogP contribution in [0, 0.1) is 5.41 Å². The van der Waals surface area contributed by atoms with Crippen molar-refractivity contribution in [2.45, 2.75) is 33.6 Å². The lowest BCUT2D eigenvalue weighted by Gasteiger charge is -2.21. The summed E-state index contributed by atoms with van der Waals surface area (Å²) in [6.45, 7) is 10.3. The number of nitrogens with zero attached hydrogens (tertiary/aromatic N) is 1. The molecule has 0 aromatic heterocycles. The maximum atomic E-state index is 8.09. The molecular formula is C14H22N2. The first-order valence-electron chi connectivity index (χ1n) is 6.04. The van der Waals surface area contributed by atoms with Crippen LogP contribution in [0.1, 0.15) is 44.7 Å². The molecule has 2 nitrogen and oxygen atoms in total. The van der Waals surface area contributed by atoms with Crippen molar-refractivity contribution in [3.8, 4) is 0 Å². The molecule has 16 heavy (non-hydrogen) atoms. The Morgan fingerprint density at radius 3 is 2.00 bits per heavy atom. The van der Waals surface area contributed by atoms with Gasteiger partial charge in [0.15, 0.2) is 0 Å². The highest BCUT2D eigenvalue weighted by atomic mass is 15.1. The Kier molecular flexibility index (Phi) is 4.53. The van der Waals surface area contributed by atoms with Gasteiger partial charge >= 0.3 is 0 Å². The van der Waals surface area contributed by atoms with Crippen LogP contribution in [-0.4, -0.2) is 23.8 Å². The van der Waals surface area contributed by atoms with Crippen LogP contribution in [0.3, 0.4) is 0 Å². The van der Waals surface area contributed by atoms with E-state index in [0.29, 0.717) is 11.8 Å². The second-order valence-electron chi connectivity index (χ2n) is 4.30. The molecule has 1 aromatic rings. The first-order chi connectivity index (χ1) is 7.60. The van der Waals surface area contributed by atoms with E-state index in [1.165, 1.54) is 5.56 Å². The maximum Gasteiger partial charge on any atom is 0.128 e. The van der Waals surface area contributed by atoms with Crippen LogP contribution in [-0.2, 0) is 0 Å². The van der Waals surface area contributed by atoms with E-state index >= 15 is 0 Å². The zero-order valence-electron chi connectivity index (χ0n) is 10.7. The molecule has 0 heterocycles. The van der Waals surface area contributed by atoms with Crippen LogP contribution < -0.4 is 0 Å². The van der Waals surface area contributed by atoms with E-state index < -0.39 is 0 Å². The number of hydrogen-bond donors (Lipinski definition) is 1. The van der Waals surface area contributed by atoms with Crippen molar-refractivity contribution in [1.82, 2.24) is 4.90 Å². The van der Waals surface area contributed by atoms with E-state index in [-0.39, 0.29) is 0 Å². The maximum absolute atomic E-state index is 8.09. The molecule has 88 valence electrons.